The zero-order chi connectivity index (χ0) is 38.3. The van der Waals surface area contributed by atoms with Crippen LogP contribution in [0.5, 0.6) is 0 Å². The number of allylic oxidation sites excluding steroid dienone is 4. The average Bonchev–Trinajstić information content (AvgIpc) is 3.06. The van der Waals surface area contributed by atoms with Gasteiger partial charge in [-0.05, 0) is 70.6 Å². The molecule has 0 saturated heterocycles. The van der Waals surface area contributed by atoms with Crippen molar-refractivity contribution in [3.05, 3.63) is 24.3 Å². The molecule has 300 valence electrons. The summed E-state index contributed by atoms with van der Waals surface area (Å²) in [6.07, 6.45) is 39.7. The molecule has 0 aromatic heterocycles. The van der Waals surface area contributed by atoms with Crippen LogP contribution in [0.2, 0.25) is 0 Å². The van der Waals surface area contributed by atoms with Crippen molar-refractivity contribution in [2.45, 2.75) is 219 Å². The van der Waals surface area contributed by atoms with E-state index >= 15 is 0 Å². The standard InChI is InChI=1S/C43H82NO6P/c1-7-10-12-14-16-18-20-22-24-26-28-30-32-34-36-38-40(45)42(44(4,5)6)43(9-3,50-51(47,48)49)41(46)39-37-35-33-31-29-27-25-23-21-19-17-15-13-11-8-2/h22-25,42H,7-21,26-39H2,1-6H3,(H-,47,48,49)/p+1/b24-22-,25-23-. The minimum absolute atomic E-state index is 0.0281. The summed E-state index contributed by atoms with van der Waals surface area (Å²) >= 11 is 0. The topological polar surface area (TPSA) is 101 Å². The molecule has 0 rings (SSSR count). The van der Waals surface area contributed by atoms with Crippen molar-refractivity contribution in [1.29, 1.82) is 0 Å². The molecule has 0 aliphatic rings. The van der Waals surface area contributed by atoms with Gasteiger partial charge in [0.25, 0.3) is 0 Å². The van der Waals surface area contributed by atoms with E-state index < -0.39 is 19.5 Å². The number of nitrogens with zero attached hydrogens (tertiary/aromatic N) is 1. The van der Waals surface area contributed by atoms with Crippen molar-refractivity contribution < 1.29 is 32.9 Å². The van der Waals surface area contributed by atoms with Gasteiger partial charge >= 0.3 is 7.82 Å². The quantitative estimate of drug-likeness (QED) is 0.0285. The molecule has 0 aromatic rings. The second-order valence-corrected chi connectivity index (χ2v) is 17.1. The first-order valence-electron chi connectivity index (χ1n) is 21.3. The second kappa shape index (κ2) is 31.3. The summed E-state index contributed by atoms with van der Waals surface area (Å²) in [5.74, 6) is -0.532. The molecule has 8 heteroatoms. The lowest BCUT2D eigenvalue weighted by Crippen LogP contribution is -2.66. The molecule has 2 N–H and O–H groups in total. The van der Waals surface area contributed by atoms with Crippen molar-refractivity contribution in [2.75, 3.05) is 21.1 Å². The Balaban J connectivity index is 4.79. The Morgan fingerprint density at radius 3 is 1.24 bits per heavy atom. The SMILES string of the molecule is CCCCCCCC/C=C\CCCCCCCC(=O)C(C(CC)(OP(=O)(O)O)C(=O)CCCCCCC/C=C\CCCCCCCC)[N+](C)(C)C. The normalized spacial score (nSPS) is 14.4. The van der Waals surface area contributed by atoms with Gasteiger partial charge in [0.2, 0.25) is 0 Å². The Morgan fingerprint density at radius 2 is 0.902 bits per heavy atom. The van der Waals surface area contributed by atoms with Gasteiger partial charge in [-0.15, -0.1) is 0 Å². The second-order valence-electron chi connectivity index (χ2n) is 15.9. The lowest BCUT2D eigenvalue weighted by Gasteiger charge is -2.44. The lowest BCUT2D eigenvalue weighted by molar-refractivity contribution is -0.892. The maximum absolute atomic E-state index is 13.9. The van der Waals surface area contributed by atoms with Crippen LogP contribution in [0.25, 0.3) is 0 Å². The van der Waals surface area contributed by atoms with Crippen LogP contribution in [0.15, 0.2) is 24.3 Å². The van der Waals surface area contributed by atoms with E-state index in [-0.39, 0.29) is 35.3 Å². The maximum atomic E-state index is 13.9. The van der Waals surface area contributed by atoms with Crippen LogP contribution in [-0.2, 0) is 18.7 Å². The van der Waals surface area contributed by atoms with Crippen LogP contribution in [0, 0.1) is 0 Å². The molecule has 0 saturated carbocycles. The van der Waals surface area contributed by atoms with E-state index in [0.29, 0.717) is 12.8 Å². The van der Waals surface area contributed by atoms with Gasteiger partial charge in [0.15, 0.2) is 23.2 Å². The molecule has 0 heterocycles. The molecule has 0 bridgehead atoms. The van der Waals surface area contributed by atoms with Crippen LogP contribution in [0.1, 0.15) is 207 Å². The fourth-order valence-corrected chi connectivity index (χ4v) is 8.07. The molecule has 0 fully saturated rings. The summed E-state index contributed by atoms with van der Waals surface area (Å²) in [7, 11) is 0.379. The van der Waals surface area contributed by atoms with E-state index in [2.05, 4.69) is 38.2 Å². The number of quaternary nitrogens is 1. The Bertz CT molecular complexity index is 968. The van der Waals surface area contributed by atoms with Gasteiger partial charge in [-0.25, -0.2) is 4.57 Å². The molecule has 7 nitrogen and oxygen atoms in total. The summed E-state index contributed by atoms with van der Waals surface area (Å²) in [6, 6.07) is -0.998. The first-order valence-corrected chi connectivity index (χ1v) is 22.8. The lowest BCUT2D eigenvalue weighted by atomic mass is 9.79. The van der Waals surface area contributed by atoms with E-state index in [0.717, 1.165) is 64.2 Å². The number of phosphoric ester groups is 1. The molecule has 0 amide bonds. The van der Waals surface area contributed by atoms with E-state index in [1.54, 1.807) is 6.92 Å². The van der Waals surface area contributed by atoms with Gasteiger partial charge in [-0.1, -0.05) is 148 Å². The Hall–Kier alpha value is -1.11. The highest BCUT2D eigenvalue weighted by molar-refractivity contribution is 7.46. The number of rotatable bonds is 37. The molecular formula is C43H83NO6P+. The summed E-state index contributed by atoms with van der Waals surface area (Å²) in [5, 5.41) is 0. The van der Waals surface area contributed by atoms with Crippen LogP contribution >= 0.6 is 7.82 Å². The monoisotopic (exact) mass is 741 g/mol. The molecular weight excluding hydrogens is 657 g/mol. The van der Waals surface area contributed by atoms with E-state index in [4.69, 9.17) is 4.52 Å². The number of carbonyl (C=O) groups is 2. The van der Waals surface area contributed by atoms with Crippen LogP contribution in [-0.4, -0.2) is 58.6 Å². The highest BCUT2D eigenvalue weighted by Crippen LogP contribution is 2.47. The van der Waals surface area contributed by atoms with Crippen molar-refractivity contribution in [2.24, 2.45) is 0 Å². The fraction of sp³-hybridized carbons (Fsp3) is 0.860. The summed E-state index contributed by atoms with van der Waals surface area (Å²) in [6.45, 7) is 6.20. The van der Waals surface area contributed by atoms with Crippen molar-refractivity contribution >= 4 is 19.4 Å². The maximum Gasteiger partial charge on any atom is 0.470 e. The van der Waals surface area contributed by atoms with Crippen LogP contribution < -0.4 is 0 Å². The van der Waals surface area contributed by atoms with Gasteiger partial charge in [0.1, 0.15) is 0 Å². The highest BCUT2D eigenvalue weighted by Gasteiger charge is 2.57. The van der Waals surface area contributed by atoms with Crippen molar-refractivity contribution in [1.82, 2.24) is 0 Å². The van der Waals surface area contributed by atoms with Gasteiger partial charge in [0, 0.05) is 12.8 Å². The molecule has 51 heavy (non-hydrogen) atoms. The van der Waals surface area contributed by atoms with E-state index in [9.17, 15) is 23.9 Å². The first kappa shape index (κ1) is 49.9. The number of phosphoric acid groups is 1. The largest absolute Gasteiger partial charge is 0.470 e. The molecule has 0 spiro atoms. The number of ketones is 2. The average molecular weight is 741 g/mol. The highest BCUT2D eigenvalue weighted by atomic mass is 31.2. The van der Waals surface area contributed by atoms with Gasteiger partial charge < -0.3 is 14.3 Å². The first-order chi connectivity index (χ1) is 24.4. The number of hydrogen-bond acceptors (Lipinski definition) is 4. The Kier molecular flexibility index (Phi) is 30.6. The van der Waals surface area contributed by atoms with Crippen molar-refractivity contribution in [3.8, 4) is 0 Å². The molecule has 2 atom stereocenters. The van der Waals surface area contributed by atoms with Gasteiger partial charge in [0.05, 0.1) is 21.1 Å². The number of carbonyl (C=O) groups excluding carboxylic acids is 2. The molecule has 0 radical (unpaired) electrons. The van der Waals surface area contributed by atoms with E-state index in [1.807, 2.05) is 21.1 Å². The Labute approximate surface area is 315 Å². The summed E-state index contributed by atoms with van der Waals surface area (Å²) in [4.78, 5) is 47.6. The third-order valence-electron chi connectivity index (χ3n) is 10.2. The summed E-state index contributed by atoms with van der Waals surface area (Å²) in [5.41, 5.74) is -1.86. The van der Waals surface area contributed by atoms with Gasteiger partial charge in [-0.2, -0.15) is 0 Å². The number of Topliss-reactive ketones (excluding diaryl/α,β-unsaturated/α-hetero) is 2. The predicted molar refractivity (Wildman–Crippen MR) is 217 cm³/mol. The van der Waals surface area contributed by atoms with E-state index in [1.165, 1.54) is 89.9 Å². The predicted octanol–water partition coefficient (Wildman–Crippen LogP) is 12.5. The minimum atomic E-state index is -5.05. The zero-order valence-electron chi connectivity index (χ0n) is 34.3. The molecule has 0 aromatic carbocycles. The smallest absolute Gasteiger partial charge is 0.319 e. The fourth-order valence-electron chi connectivity index (χ4n) is 7.31. The molecule has 0 aliphatic carbocycles. The third-order valence-corrected chi connectivity index (χ3v) is 10.7. The van der Waals surface area contributed by atoms with Crippen molar-refractivity contribution in [3.63, 3.8) is 0 Å². The van der Waals surface area contributed by atoms with Crippen LogP contribution in [0.4, 0.5) is 0 Å². The summed E-state index contributed by atoms with van der Waals surface area (Å²) < 4.78 is 17.8. The number of hydrogen-bond donors (Lipinski definition) is 2. The minimum Gasteiger partial charge on any atom is -0.319 e. The third kappa shape index (κ3) is 26.3. The number of likely N-dealkylation sites (N-methyl/N-ethyl adjacent to an activating group) is 1. The Morgan fingerprint density at radius 1 is 0.569 bits per heavy atom. The number of unbranched alkanes of at least 4 members (excludes halogenated alkanes) is 22. The van der Waals surface area contributed by atoms with Gasteiger partial charge in [-0.3, -0.25) is 14.1 Å². The molecule has 0 aliphatic heterocycles. The van der Waals surface area contributed by atoms with Crippen LogP contribution in [0.3, 0.4) is 0 Å². The molecule has 2 unspecified atom stereocenters. The zero-order valence-corrected chi connectivity index (χ0v) is 35.2.